The lowest BCUT2D eigenvalue weighted by Crippen LogP contribution is -2.20. The van der Waals surface area contributed by atoms with E-state index in [2.05, 4.69) is 54.2 Å². The molecule has 1 fully saturated rings. The van der Waals surface area contributed by atoms with Crippen molar-refractivity contribution in [2.45, 2.75) is 58.8 Å². The van der Waals surface area contributed by atoms with Crippen molar-refractivity contribution in [3.63, 3.8) is 0 Å². The molecule has 2 unspecified atom stereocenters. The van der Waals surface area contributed by atoms with Crippen LogP contribution in [0.4, 0.5) is 0 Å². The molecule has 2 rings (SSSR count). The van der Waals surface area contributed by atoms with Gasteiger partial charge in [0.05, 0.1) is 12.2 Å². The van der Waals surface area contributed by atoms with Gasteiger partial charge >= 0.3 is 0 Å². The van der Waals surface area contributed by atoms with Crippen LogP contribution in [0.5, 0.6) is 5.75 Å². The molecule has 0 saturated carbocycles. The Morgan fingerprint density at radius 1 is 1.38 bits per heavy atom. The van der Waals surface area contributed by atoms with Gasteiger partial charge < -0.3 is 14.8 Å². The second kappa shape index (κ2) is 8.16. The third-order valence-electron chi connectivity index (χ3n) is 3.79. The lowest BCUT2D eigenvalue weighted by Gasteiger charge is -2.18. The van der Waals surface area contributed by atoms with E-state index in [1.807, 2.05) is 0 Å². The topological polar surface area (TPSA) is 30.5 Å². The van der Waals surface area contributed by atoms with E-state index in [9.17, 15) is 0 Å². The molecule has 1 aromatic carbocycles. The highest BCUT2D eigenvalue weighted by atomic mass is 79.9. The Morgan fingerprint density at radius 2 is 2.19 bits per heavy atom. The number of halogens is 1. The first-order chi connectivity index (χ1) is 10.1. The summed E-state index contributed by atoms with van der Waals surface area (Å²) in [5.74, 6) is 1.00. The van der Waals surface area contributed by atoms with Gasteiger partial charge in [0.15, 0.2) is 0 Å². The lowest BCUT2D eigenvalue weighted by molar-refractivity contribution is 0.0261. The molecule has 1 aromatic rings. The van der Waals surface area contributed by atoms with E-state index >= 15 is 0 Å². The van der Waals surface area contributed by atoms with Crippen molar-refractivity contribution in [3.05, 3.63) is 27.7 Å². The van der Waals surface area contributed by atoms with Crippen molar-refractivity contribution in [2.24, 2.45) is 0 Å². The van der Waals surface area contributed by atoms with E-state index in [1.54, 1.807) is 0 Å². The Balaban J connectivity index is 2.01. The first-order valence-corrected chi connectivity index (χ1v) is 8.67. The Morgan fingerprint density at radius 3 is 2.86 bits per heavy atom. The van der Waals surface area contributed by atoms with Gasteiger partial charge in [0, 0.05) is 16.6 Å². The van der Waals surface area contributed by atoms with Crippen molar-refractivity contribution in [1.29, 1.82) is 0 Å². The summed E-state index contributed by atoms with van der Waals surface area (Å²) in [6.45, 7) is 8.91. The molecule has 118 valence electrons. The molecule has 1 aliphatic heterocycles. The van der Waals surface area contributed by atoms with Gasteiger partial charge in [0.2, 0.25) is 0 Å². The molecule has 1 N–H and O–H groups in total. The van der Waals surface area contributed by atoms with Crippen LogP contribution < -0.4 is 10.1 Å². The molecular weight excluding hydrogens is 330 g/mol. The van der Waals surface area contributed by atoms with Gasteiger partial charge in [-0.25, -0.2) is 0 Å². The Bertz CT molecular complexity index is 464. The lowest BCUT2D eigenvalue weighted by atomic mass is 10.1. The highest BCUT2D eigenvalue weighted by Crippen LogP contribution is 2.29. The minimum Gasteiger partial charge on any atom is -0.490 e. The minimum atomic E-state index is 0.236. The van der Waals surface area contributed by atoms with Crippen LogP contribution in [0.15, 0.2) is 16.6 Å². The fourth-order valence-corrected chi connectivity index (χ4v) is 3.34. The maximum atomic E-state index is 6.10. The molecule has 0 radical (unpaired) electrons. The Kier molecular flexibility index (Phi) is 6.52. The summed E-state index contributed by atoms with van der Waals surface area (Å²) in [4.78, 5) is 0. The molecule has 3 nitrogen and oxygen atoms in total. The standard InChI is InChI=1S/C17H26BrNO2/c1-4-7-19-10-14-9-15(18)8-12(2)17(14)20-11-16-6-5-13(3)21-16/h8-9,13,16,19H,4-7,10-11H2,1-3H3. The summed E-state index contributed by atoms with van der Waals surface area (Å²) in [5, 5.41) is 3.45. The third kappa shape index (κ3) is 4.97. The zero-order chi connectivity index (χ0) is 15.2. The summed E-state index contributed by atoms with van der Waals surface area (Å²) < 4.78 is 13.0. The number of rotatable bonds is 7. The molecule has 1 saturated heterocycles. The Labute approximate surface area is 136 Å². The smallest absolute Gasteiger partial charge is 0.126 e. The monoisotopic (exact) mass is 355 g/mol. The van der Waals surface area contributed by atoms with Crippen LogP contribution in [-0.2, 0) is 11.3 Å². The first-order valence-electron chi connectivity index (χ1n) is 7.88. The first kappa shape index (κ1) is 16.8. The quantitative estimate of drug-likeness (QED) is 0.743. The summed E-state index contributed by atoms with van der Waals surface area (Å²) in [5.41, 5.74) is 2.38. The predicted molar refractivity (Wildman–Crippen MR) is 89.9 cm³/mol. The molecule has 0 bridgehead atoms. The van der Waals surface area contributed by atoms with Gasteiger partial charge in [0.25, 0.3) is 0 Å². The highest BCUT2D eigenvalue weighted by molar-refractivity contribution is 9.10. The van der Waals surface area contributed by atoms with Gasteiger partial charge in [0.1, 0.15) is 12.4 Å². The average molecular weight is 356 g/mol. The average Bonchev–Trinajstić information content (AvgIpc) is 2.83. The number of hydrogen-bond acceptors (Lipinski definition) is 3. The number of benzene rings is 1. The SMILES string of the molecule is CCCNCc1cc(Br)cc(C)c1OCC1CCC(C)O1. The fraction of sp³-hybridized carbons (Fsp3) is 0.647. The molecule has 21 heavy (non-hydrogen) atoms. The van der Waals surface area contributed by atoms with Crippen molar-refractivity contribution in [2.75, 3.05) is 13.2 Å². The van der Waals surface area contributed by atoms with Gasteiger partial charge in [-0.1, -0.05) is 22.9 Å². The number of aryl methyl sites for hydroxylation is 1. The van der Waals surface area contributed by atoms with Crippen molar-refractivity contribution in [1.82, 2.24) is 5.32 Å². The Hall–Kier alpha value is -0.580. The molecule has 4 heteroatoms. The molecule has 0 aliphatic carbocycles. The van der Waals surface area contributed by atoms with E-state index in [4.69, 9.17) is 9.47 Å². The van der Waals surface area contributed by atoms with Crippen LogP contribution in [0.2, 0.25) is 0 Å². The van der Waals surface area contributed by atoms with Crippen LogP contribution in [0.3, 0.4) is 0 Å². The number of ether oxygens (including phenoxy) is 2. The van der Waals surface area contributed by atoms with Gasteiger partial charge in [-0.3, -0.25) is 0 Å². The van der Waals surface area contributed by atoms with E-state index < -0.39 is 0 Å². The summed E-state index contributed by atoms with van der Waals surface area (Å²) >= 11 is 3.57. The fourth-order valence-electron chi connectivity index (χ4n) is 2.72. The second-order valence-corrected chi connectivity index (χ2v) is 6.76. The van der Waals surface area contributed by atoms with Crippen LogP contribution in [0.1, 0.15) is 44.2 Å². The predicted octanol–water partition coefficient (Wildman–Crippen LogP) is 4.20. The zero-order valence-corrected chi connectivity index (χ0v) is 14.8. The van der Waals surface area contributed by atoms with Crippen LogP contribution in [0, 0.1) is 6.92 Å². The second-order valence-electron chi connectivity index (χ2n) is 5.84. The van der Waals surface area contributed by atoms with Crippen molar-refractivity contribution < 1.29 is 9.47 Å². The van der Waals surface area contributed by atoms with E-state index in [-0.39, 0.29) is 6.10 Å². The van der Waals surface area contributed by atoms with E-state index in [0.717, 1.165) is 42.6 Å². The minimum absolute atomic E-state index is 0.236. The molecule has 0 amide bonds. The molecule has 1 aliphatic rings. The van der Waals surface area contributed by atoms with E-state index in [1.165, 1.54) is 11.1 Å². The van der Waals surface area contributed by atoms with E-state index in [0.29, 0.717) is 12.7 Å². The van der Waals surface area contributed by atoms with Crippen molar-refractivity contribution in [3.8, 4) is 5.75 Å². The zero-order valence-electron chi connectivity index (χ0n) is 13.2. The maximum Gasteiger partial charge on any atom is 0.126 e. The largest absolute Gasteiger partial charge is 0.490 e. The molecular formula is C17H26BrNO2. The number of hydrogen-bond donors (Lipinski definition) is 1. The summed E-state index contributed by atoms with van der Waals surface area (Å²) in [6, 6.07) is 4.25. The van der Waals surface area contributed by atoms with Gasteiger partial charge in [-0.15, -0.1) is 0 Å². The van der Waals surface area contributed by atoms with Crippen LogP contribution >= 0.6 is 15.9 Å². The van der Waals surface area contributed by atoms with Crippen LogP contribution in [0.25, 0.3) is 0 Å². The van der Waals surface area contributed by atoms with Crippen LogP contribution in [-0.4, -0.2) is 25.4 Å². The molecule has 2 atom stereocenters. The van der Waals surface area contributed by atoms with Crippen molar-refractivity contribution >= 4 is 15.9 Å². The molecule has 0 spiro atoms. The maximum absolute atomic E-state index is 6.10. The van der Waals surface area contributed by atoms with Gasteiger partial charge in [-0.2, -0.15) is 0 Å². The molecule has 0 aromatic heterocycles. The third-order valence-corrected chi connectivity index (χ3v) is 4.25. The molecule has 1 heterocycles. The summed E-state index contributed by atoms with van der Waals surface area (Å²) in [6.07, 6.45) is 3.98. The van der Waals surface area contributed by atoms with Gasteiger partial charge in [-0.05, 0) is 57.4 Å². The summed E-state index contributed by atoms with van der Waals surface area (Å²) in [7, 11) is 0. The highest BCUT2D eigenvalue weighted by Gasteiger charge is 2.23. The normalized spacial score (nSPS) is 21.7. The number of nitrogens with one attached hydrogen (secondary N) is 1.